The second kappa shape index (κ2) is 10.1. The van der Waals surface area contributed by atoms with Crippen LogP contribution >= 0.6 is 0 Å². The second-order valence-corrected chi connectivity index (χ2v) is 8.79. The highest BCUT2D eigenvalue weighted by molar-refractivity contribution is 5.94. The van der Waals surface area contributed by atoms with E-state index in [1.54, 1.807) is 12.1 Å². The number of nitrogens with zero attached hydrogens (tertiary/aromatic N) is 4. The maximum Gasteiger partial charge on any atom is 0.229 e. The lowest BCUT2D eigenvalue weighted by atomic mass is 10.0. The molecule has 0 saturated carbocycles. The van der Waals surface area contributed by atoms with Crippen LogP contribution in [0, 0.1) is 24.1 Å². The Labute approximate surface area is 203 Å². The monoisotopic (exact) mass is 470 g/mol. The fourth-order valence-corrected chi connectivity index (χ4v) is 4.49. The van der Waals surface area contributed by atoms with Gasteiger partial charge in [0.15, 0.2) is 11.6 Å². The third-order valence-electron chi connectivity index (χ3n) is 6.26. The fourth-order valence-electron chi connectivity index (χ4n) is 4.49. The highest BCUT2D eigenvalue weighted by Gasteiger charge is 2.15. The molecule has 4 aromatic rings. The number of benzene rings is 2. The number of fused-ring (bicyclic) bond motifs is 1. The highest BCUT2D eigenvalue weighted by atomic mass is 19.1. The topological polar surface area (TPSA) is 89.9 Å². The molecule has 0 aliphatic carbocycles. The molecule has 5 rings (SSSR count). The van der Waals surface area contributed by atoms with Crippen molar-refractivity contribution in [2.24, 2.45) is 0 Å². The summed E-state index contributed by atoms with van der Waals surface area (Å²) in [6, 6.07) is 14.7. The summed E-state index contributed by atoms with van der Waals surface area (Å²) in [5, 5.41) is 13.1. The lowest BCUT2D eigenvalue weighted by Gasteiger charge is -2.15. The van der Waals surface area contributed by atoms with Crippen LogP contribution in [0.15, 0.2) is 48.7 Å². The molecule has 3 heterocycles. The van der Waals surface area contributed by atoms with Crippen LogP contribution < -0.4 is 10.1 Å². The summed E-state index contributed by atoms with van der Waals surface area (Å²) in [5.41, 5.74) is 4.79. The molecule has 8 heteroatoms. The number of likely N-dealkylation sites (tertiary alicyclic amines) is 1. The summed E-state index contributed by atoms with van der Waals surface area (Å²) < 4.78 is 20.4. The third kappa shape index (κ3) is 5.10. The number of anilines is 2. The highest BCUT2D eigenvalue weighted by Crippen LogP contribution is 2.31. The largest absolute Gasteiger partial charge is 0.489 e. The lowest BCUT2D eigenvalue weighted by Crippen LogP contribution is -2.25. The van der Waals surface area contributed by atoms with Gasteiger partial charge in [0.05, 0.1) is 18.2 Å². The number of aromatic nitrogens is 3. The van der Waals surface area contributed by atoms with Crippen molar-refractivity contribution in [3.05, 3.63) is 65.6 Å². The number of ether oxygens (including phenoxy) is 1. The summed E-state index contributed by atoms with van der Waals surface area (Å²) >= 11 is 0. The van der Waals surface area contributed by atoms with Gasteiger partial charge in [-0.2, -0.15) is 10.2 Å². The lowest BCUT2D eigenvalue weighted by molar-refractivity contribution is 0.231. The van der Waals surface area contributed by atoms with Crippen LogP contribution in [0.25, 0.3) is 22.3 Å². The number of rotatable bonds is 8. The Bertz CT molecular complexity index is 1390. The number of H-pyrrole nitrogens is 1. The number of hydrogen-bond acceptors (Lipinski definition) is 6. The molecule has 35 heavy (non-hydrogen) atoms. The Morgan fingerprint density at radius 2 is 2.03 bits per heavy atom. The van der Waals surface area contributed by atoms with Crippen molar-refractivity contribution in [1.29, 1.82) is 5.26 Å². The van der Waals surface area contributed by atoms with E-state index in [9.17, 15) is 4.39 Å². The summed E-state index contributed by atoms with van der Waals surface area (Å²) in [6.07, 6.45) is 4.65. The molecule has 1 fully saturated rings. The zero-order valence-electron chi connectivity index (χ0n) is 19.6. The van der Waals surface area contributed by atoms with Gasteiger partial charge in [-0.1, -0.05) is 18.2 Å². The van der Waals surface area contributed by atoms with E-state index < -0.39 is 5.82 Å². The maximum atomic E-state index is 14.7. The van der Waals surface area contributed by atoms with E-state index >= 15 is 0 Å². The molecule has 1 aliphatic heterocycles. The normalized spacial score (nSPS) is 13.7. The van der Waals surface area contributed by atoms with Gasteiger partial charge in [0.1, 0.15) is 12.3 Å². The standard InChI is InChI=1S/C27H27FN6O/c1-18-17-30-26-24(18)25(20-6-4-5-19(15-20)9-10-29)32-27(33-26)31-21-7-8-23(22(28)16-21)35-14-13-34-11-2-3-12-34/h4-8,15-17H,2-3,9,11-14H2,1H3,(H2,30,31,32,33). The van der Waals surface area contributed by atoms with Crippen molar-refractivity contribution in [2.75, 3.05) is 31.6 Å². The summed E-state index contributed by atoms with van der Waals surface area (Å²) in [5.74, 6) is 0.154. The molecule has 7 nitrogen and oxygen atoms in total. The Hall–Kier alpha value is -3.96. The number of nitrogens with one attached hydrogen (secondary N) is 2. The average molecular weight is 471 g/mol. The van der Waals surface area contributed by atoms with Crippen molar-refractivity contribution in [2.45, 2.75) is 26.2 Å². The molecule has 1 saturated heterocycles. The second-order valence-electron chi connectivity index (χ2n) is 8.79. The molecule has 0 radical (unpaired) electrons. The van der Waals surface area contributed by atoms with Crippen LogP contribution in [0.4, 0.5) is 16.0 Å². The van der Waals surface area contributed by atoms with Crippen molar-refractivity contribution < 1.29 is 9.13 Å². The van der Waals surface area contributed by atoms with Crippen LogP contribution in [0.5, 0.6) is 5.75 Å². The molecule has 0 spiro atoms. The molecule has 2 aromatic carbocycles. The van der Waals surface area contributed by atoms with E-state index in [4.69, 9.17) is 15.0 Å². The van der Waals surface area contributed by atoms with E-state index in [1.807, 2.05) is 37.4 Å². The van der Waals surface area contributed by atoms with Gasteiger partial charge >= 0.3 is 0 Å². The minimum atomic E-state index is -0.433. The molecule has 1 aliphatic rings. The molecule has 2 N–H and O–H groups in total. The molecule has 0 atom stereocenters. The predicted octanol–water partition coefficient (Wildman–Crippen LogP) is 5.36. The van der Waals surface area contributed by atoms with Crippen molar-refractivity contribution in [3.8, 4) is 23.1 Å². The summed E-state index contributed by atoms with van der Waals surface area (Å²) in [4.78, 5) is 14.9. The molecular formula is C27H27FN6O. The maximum absolute atomic E-state index is 14.7. The van der Waals surface area contributed by atoms with E-state index in [1.165, 1.54) is 18.9 Å². The Kier molecular flexibility index (Phi) is 6.59. The van der Waals surface area contributed by atoms with Gasteiger partial charge in [0.2, 0.25) is 5.95 Å². The first-order valence-corrected chi connectivity index (χ1v) is 11.8. The third-order valence-corrected chi connectivity index (χ3v) is 6.26. The zero-order chi connectivity index (χ0) is 24.2. The number of hydrogen-bond donors (Lipinski definition) is 2. The first-order valence-electron chi connectivity index (χ1n) is 11.8. The van der Waals surface area contributed by atoms with Crippen molar-refractivity contribution in [1.82, 2.24) is 19.9 Å². The van der Waals surface area contributed by atoms with Gasteiger partial charge in [-0.25, -0.2) is 9.37 Å². The molecule has 0 unspecified atom stereocenters. The van der Waals surface area contributed by atoms with E-state index in [0.29, 0.717) is 30.3 Å². The number of halogens is 1. The number of nitriles is 1. The van der Waals surface area contributed by atoms with E-state index in [-0.39, 0.29) is 5.75 Å². The zero-order valence-corrected chi connectivity index (χ0v) is 19.6. The fraction of sp³-hybridized carbons (Fsp3) is 0.296. The molecule has 0 bridgehead atoms. The molecule has 0 amide bonds. The summed E-state index contributed by atoms with van der Waals surface area (Å²) in [7, 11) is 0. The minimum absolute atomic E-state index is 0.237. The van der Waals surface area contributed by atoms with Crippen molar-refractivity contribution >= 4 is 22.7 Å². The Morgan fingerprint density at radius 3 is 2.83 bits per heavy atom. The van der Waals surface area contributed by atoms with Gasteiger partial charge in [0, 0.05) is 35.4 Å². The van der Waals surface area contributed by atoms with E-state index in [0.717, 1.165) is 47.4 Å². The van der Waals surface area contributed by atoms with Gasteiger partial charge in [0.25, 0.3) is 0 Å². The van der Waals surface area contributed by atoms with E-state index in [2.05, 4.69) is 26.3 Å². The van der Waals surface area contributed by atoms with Crippen molar-refractivity contribution in [3.63, 3.8) is 0 Å². The predicted molar refractivity (Wildman–Crippen MR) is 134 cm³/mol. The van der Waals surface area contributed by atoms with Crippen LogP contribution in [-0.2, 0) is 6.42 Å². The molecule has 178 valence electrons. The van der Waals surface area contributed by atoms with Crippen LogP contribution in [-0.4, -0.2) is 46.1 Å². The smallest absolute Gasteiger partial charge is 0.229 e. The SMILES string of the molecule is Cc1c[nH]c2nc(Nc3ccc(OCCN4CCCC4)c(F)c3)nc(-c3cccc(CC#N)c3)c12. The first-order chi connectivity index (χ1) is 17.1. The Morgan fingerprint density at radius 1 is 1.17 bits per heavy atom. The van der Waals surface area contributed by atoms with Gasteiger partial charge in [-0.05, 0) is 62.2 Å². The van der Waals surface area contributed by atoms with Crippen LogP contribution in [0.2, 0.25) is 0 Å². The number of aryl methyl sites for hydroxylation is 1. The first kappa shape index (κ1) is 22.8. The van der Waals surface area contributed by atoms with Gasteiger partial charge in [-0.15, -0.1) is 0 Å². The van der Waals surface area contributed by atoms with Gasteiger partial charge in [-0.3, -0.25) is 4.90 Å². The Balaban J connectivity index is 1.38. The van der Waals surface area contributed by atoms with Crippen LogP contribution in [0.3, 0.4) is 0 Å². The summed E-state index contributed by atoms with van der Waals surface area (Å²) in [6.45, 7) is 5.44. The molecule has 2 aromatic heterocycles. The quantitative estimate of drug-likeness (QED) is 0.361. The minimum Gasteiger partial charge on any atom is -0.489 e. The van der Waals surface area contributed by atoms with Gasteiger partial charge < -0.3 is 15.0 Å². The van der Waals surface area contributed by atoms with Crippen LogP contribution in [0.1, 0.15) is 24.0 Å². The molecular weight excluding hydrogens is 443 g/mol. The average Bonchev–Trinajstić information content (AvgIpc) is 3.50. The number of aromatic amines is 1.